The fraction of sp³-hybridized carbons (Fsp3) is 1.00. The maximum atomic E-state index is 5.56. The van der Waals surface area contributed by atoms with Crippen LogP contribution in [0, 0.1) is 5.92 Å². The molecule has 0 spiro atoms. The number of thioether (sulfide) groups is 1. The van der Waals surface area contributed by atoms with Gasteiger partial charge in [0, 0.05) is 11.9 Å². The van der Waals surface area contributed by atoms with Crippen LogP contribution >= 0.6 is 11.8 Å². The number of ether oxygens (including phenoxy) is 1. The number of hydrogen-bond acceptors (Lipinski definition) is 2. The number of hydrogen-bond donors (Lipinski definition) is 0. The molecule has 0 N–H and O–H groups in total. The van der Waals surface area contributed by atoms with Crippen LogP contribution in [0.4, 0.5) is 0 Å². The summed E-state index contributed by atoms with van der Waals surface area (Å²) in [4.78, 5) is 0. The van der Waals surface area contributed by atoms with Crippen molar-refractivity contribution in [3.63, 3.8) is 0 Å². The molecule has 0 aromatic heterocycles. The van der Waals surface area contributed by atoms with Crippen LogP contribution in [0.1, 0.15) is 39.0 Å². The first-order valence-corrected chi connectivity index (χ1v) is 6.64. The van der Waals surface area contributed by atoms with Crippen molar-refractivity contribution in [1.82, 2.24) is 0 Å². The van der Waals surface area contributed by atoms with Crippen LogP contribution in [0.2, 0.25) is 0 Å². The van der Waals surface area contributed by atoms with E-state index in [1.165, 1.54) is 37.9 Å². The van der Waals surface area contributed by atoms with Crippen molar-refractivity contribution in [2.75, 3.05) is 12.4 Å². The van der Waals surface area contributed by atoms with Crippen molar-refractivity contribution >= 4 is 11.8 Å². The van der Waals surface area contributed by atoms with Crippen molar-refractivity contribution < 1.29 is 4.74 Å². The molecule has 1 aliphatic carbocycles. The summed E-state index contributed by atoms with van der Waals surface area (Å²) in [5.74, 6) is 2.41. The summed E-state index contributed by atoms with van der Waals surface area (Å²) in [7, 11) is 0. The molecule has 0 aromatic carbocycles. The SMILES string of the molecule is CC1OCCC1SCC1CCCC1. The van der Waals surface area contributed by atoms with Crippen LogP contribution in [-0.4, -0.2) is 23.7 Å². The summed E-state index contributed by atoms with van der Waals surface area (Å²) < 4.78 is 5.56. The van der Waals surface area contributed by atoms with Gasteiger partial charge in [-0.2, -0.15) is 11.8 Å². The highest BCUT2D eigenvalue weighted by molar-refractivity contribution is 7.99. The van der Waals surface area contributed by atoms with Gasteiger partial charge in [-0.15, -0.1) is 0 Å². The molecule has 0 radical (unpaired) electrons. The molecular weight excluding hydrogens is 180 g/mol. The molecule has 13 heavy (non-hydrogen) atoms. The fourth-order valence-electron chi connectivity index (χ4n) is 2.37. The Kier molecular flexibility index (Phi) is 3.56. The van der Waals surface area contributed by atoms with Gasteiger partial charge in [-0.25, -0.2) is 0 Å². The molecule has 1 saturated heterocycles. The third kappa shape index (κ3) is 2.63. The Morgan fingerprint density at radius 1 is 1.23 bits per heavy atom. The smallest absolute Gasteiger partial charge is 0.0666 e. The minimum absolute atomic E-state index is 0.506. The lowest BCUT2D eigenvalue weighted by Crippen LogP contribution is -2.15. The van der Waals surface area contributed by atoms with Crippen LogP contribution in [0.3, 0.4) is 0 Å². The molecule has 1 heterocycles. The fourth-order valence-corrected chi connectivity index (χ4v) is 3.83. The van der Waals surface area contributed by atoms with E-state index in [0.29, 0.717) is 6.10 Å². The Morgan fingerprint density at radius 3 is 2.62 bits per heavy atom. The lowest BCUT2D eigenvalue weighted by Gasteiger charge is -2.16. The third-order valence-electron chi connectivity index (χ3n) is 3.33. The lowest BCUT2D eigenvalue weighted by atomic mass is 10.1. The van der Waals surface area contributed by atoms with E-state index < -0.39 is 0 Å². The monoisotopic (exact) mass is 200 g/mol. The van der Waals surface area contributed by atoms with Crippen molar-refractivity contribution in [2.24, 2.45) is 5.92 Å². The largest absolute Gasteiger partial charge is 0.377 e. The lowest BCUT2D eigenvalue weighted by molar-refractivity contribution is 0.127. The highest BCUT2D eigenvalue weighted by Gasteiger charge is 2.26. The molecule has 1 nitrogen and oxygen atoms in total. The van der Waals surface area contributed by atoms with Gasteiger partial charge >= 0.3 is 0 Å². The van der Waals surface area contributed by atoms with Gasteiger partial charge in [0.25, 0.3) is 0 Å². The zero-order chi connectivity index (χ0) is 9.10. The molecule has 2 fully saturated rings. The molecule has 0 amide bonds. The van der Waals surface area contributed by atoms with E-state index in [1.54, 1.807) is 0 Å². The quantitative estimate of drug-likeness (QED) is 0.692. The maximum absolute atomic E-state index is 5.56. The summed E-state index contributed by atoms with van der Waals surface area (Å²) in [6.45, 7) is 3.21. The van der Waals surface area contributed by atoms with Crippen molar-refractivity contribution in [2.45, 2.75) is 50.4 Å². The molecule has 2 heteroatoms. The molecule has 2 atom stereocenters. The van der Waals surface area contributed by atoms with E-state index in [-0.39, 0.29) is 0 Å². The average Bonchev–Trinajstić information content (AvgIpc) is 2.72. The summed E-state index contributed by atoms with van der Waals surface area (Å²) in [5.41, 5.74) is 0. The van der Waals surface area contributed by atoms with E-state index >= 15 is 0 Å². The molecule has 1 saturated carbocycles. The van der Waals surface area contributed by atoms with Gasteiger partial charge in [-0.05, 0) is 37.9 Å². The Hall–Kier alpha value is 0.310. The number of rotatable bonds is 3. The van der Waals surface area contributed by atoms with Crippen LogP contribution in [0.15, 0.2) is 0 Å². The highest BCUT2D eigenvalue weighted by atomic mass is 32.2. The van der Waals surface area contributed by atoms with Gasteiger partial charge in [-0.1, -0.05) is 12.8 Å². The van der Waals surface area contributed by atoms with Crippen LogP contribution in [0.5, 0.6) is 0 Å². The van der Waals surface area contributed by atoms with Crippen molar-refractivity contribution in [1.29, 1.82) is 0 Å². The normalized spacial score (nSPS) is 35.8. The molecule has 2 rings (SSSR count). The van der Waals surface area contributed by atoms with E-state index in [1.807, 2.05) is 0 Å². The standard InChI is InChI=1S/C11H20OS/c1-9-11(6-7-12-9)13-8-10-4-2-3-5-10/h9-11H,2-8H2,1H3. The predicted molar refractivity (Wildman–Crippen MR) is 58.2 cm³/mol. The minimum atomic E-state index is 0.506. The first kappa shape index (κ1) is 9.85. The summed E-state index contributed by atoms with van der Waals surface area (Å²) >= 11 is 2.16. The second kappa shape index (κ2) is 4.70. The van der Waals surface area contributed by atoms with Gasteiger partial charge in [0.2, 0.25) is 0 Å². The minimum Gasteiger partial charge on any atom is -0.377 e. The van der Waals surface area contributed by atoms with Gasteiger partial charge in [-0.3, -0.25) is 0 Å². The first-order chi connectivity index (χ1) is 6.36. The molecule has 0 aromatic rings. The van der Waals surface area contributed by atoms with Gasteiger partial charge < -0.3 is 4.74 Å². The second-order valence-corrected chi connectivity index (χ2v) is 5.66. The van der Waals surface area contributed by atoms with Gasteiger partial charge in [0.05, 0.1) is 6.10 Å². The summed E-state index contributed by atoms with van der Waals surface area (Å²) in [6.07, 6.45) is 7.69. The highest BCUT2D eigenvalue weighted by Crippen LogP contribution is 2.33. The first-order valence-electron chi connectivity index (χ1n) is 5.59. The third-order valence-corrected chi connectivity index (χ3v) is 5.04. The molecule has 0 bridgehead atoms. The molecule has 76 valence electrons. The second-order valence-electron chi connectivity index (χ2n) is 4.39. The summed E-state index contributed by atoms with van der Waals surface area (Å²) in [5, 5.41) is 0.792. The van der Waals surface area contributed by atoms with Crippen LogP contribution < -0.4 is 0 Å². The van der Waals surface area contributed by atoms with Crippen molar-refractivity contribution in [3.05, 3.63) is 0 Å². The summed E-state index contributed by atoms with van der Waals surface area (Å²) in [6, 6.07) is 0. The average molecular weight is 200 g/mol. The Labute approximate surface area is 85.6 Å². The Balaban J connectivity index is 1.66. The van der Waals surface area contributed by atoms with E-state index in [9.17, 15) is 0 Å². The molecular formula is C11H20OS. The van der Waals surface area contributed by atoms with E-state index in [0.717, 1.165) is 17.8 Å². The zero-order valence-corrected chi connectivity index (χ0v) is 9.31. The van der Waals surface area contributed by atoms with E-state index in [2.05, 4.69) is 18.7 Å². The Morgan fingerprint density at radius 2 is 2.00 bits per heavy atom. The molecule has 1 aliphatic heterocycles. The van der Waals surface area contributed by atoms with Crippen molar-refractivity contribution in [3.8, 4) is 0 Å². The van der Waals surface area contributed by atoms with Gasteiger partial charge in [0.15, 0.2) is 0 Å². The van der Waals surface area contributed by atoms with Gasteiger partial charge in [0.1, 0.15) is 0 Å². The van der Waals surface area contributed by atoms with Crippen LogP contribution in [0.25, 0.3) is 0 Å². The molecule has 2 aliphatic rings. The predicted octanol–water partition coefficient (Wildman–Crippen LogP) is 3.09. The molecule has 2 unspecified atom stereocenters. The zero-order valence-electron chi connectivity index (χ0n) is 8.50. The van der Waals surface area contributed by atoms with Crippen LogP contribution in [-0.2, 0) is 4.74 Å². The topological polar surface area (TPSA) is 9.23 Å². The maximum Gasteiger partial charge on any atom is 0.0666 e. The van der Waals surface area contributed by atoms with E-state index in [4.69, 9.17) is 4.74 Å². The Bertz CT molecular complexity index is 154.